The molecule has 202 valence electrons. The van der Waals surface area contributed by atoms with Crippen LogP contribution in [0.3, 0.4) is 0 Å². The summed E-state index contributed by atoms with van der Waals surface area (Å²) in [4.78, 5) is 26.3. The first kappa shape index (κ1) is 27.6. The number of nitrogens with zero attached hydrogens (tertiary/aromatic N) is 1. The Morgan fingerprint density at radius 2 is 1.92 bits per heavy atom. The lowest BCUT2D eigenvalue weighted by atomic mass is 9.53. The number of carbonyl (C=O) groups excluding carboxylic acids is 2. The highest BCUT2D eigenvalue weighted by Crippen LogP contribution is 2.56. The van der Waals surface area contributed by atoms with Crippen LogP contribution in [-0.4, -0.2) is 54.8 Å². The van der Waals surface area contributed by atoms with Gasteiger partial charge in [-0.3, -0.25) is 9.69 Å². The maximum absolute atomic E-state index is 12.9. The first-order chi connectivity index (χ1) is 18.2. The summed E-state index contributed by atoms with van der Waals surface area (Å²) in [5.41, 5.74) is 3.22. The zero-order valence-electron chi connectivity index (χ0n) is 22.9. The summed E-state index contributed by atoms with van der Waals surface area (Å²) < 4.78 is 10.5. The van der Waals surface area contributed by atoms with Gasteiger partial charge in [0.15, 0.2) is 0 Å². The summed E-state index contributed by atoms with van der Waals surface area (Å²) in [6.07, 6.45) is 3.77. The number of amides is 1. The lowest BCUT2D eigenvalue weighted by Gasteiger charge is -2.60. The average molecular weight is 519 g/mol. The van der Waals surface area contributed by atoms with Crippen molar-refractivity contribution in [3.05, 3.63) is 88.1 Å². The van der Waals surface area contributed by atoms with E-state index in [0.29, 0.717) is 37.1 Å². The molecule has 4 rings (SSSR count). The van der Waals surface area contributed by atoms with E-state index in [1.54, 1.807) is 20.1 Å². The Kier molecular flexibility index (Phi) is 8.09. The zero-order valence-corrected chi connectivity index (χ0v) is 22.9. The van der Waals surface area contributed by atoms with E-state index >= 15 is 0 Å². The predicted molar refractivity (Wildman–Crippen MR) is 147 cm³/mol. The Bertz CT molecular complexity index is 1250. The number of allylic oxidation sites excluding steroid dienone is 2. The van der Waals surface area contributed by atoms with Crippen LogP contribution in [0.25, 0.3) is 0 Å². The van der Waals surface area contributed by atoms with Gasteiger partial charge in [0.25, 0.3) is 0 Å². The van der Waals surface area contributed by atoms with Crippen LogP contribution in [0, 0.1) is 6.92 Å². The Morgan fingerprint density at radius 3 is 2.58 bits per heavy atom. The zero-order chi connectivity index (χ0) is 27.5. The molecule has 0 aromatic heterocycles. The molecule has 7 nitrogen and oxygen atoms in total. The van der Waals surface area contributed by atoms with Gasteiger partial charge in [-0.1, -0.05) is 36.4 Å². The summed E-state index contributed by atoms with van der Waals surface area (Å²) in [6.45, 7) is 7.31. The summed E-state index contributed by atoms with van der Waals surface area (Å²) in [7, 11) is 2.98. The van der Waals surface area contributed by atoms with Crippen molar-refractivity contribution in [3.63, 3.8) is 0 Å². The summed E-state index contributed by atoms with van der Waals surface area (Å²) in [5.74, 6) is 0.278. The minimum Gasteiger partial charge on any atom is -0.497 e. The summed E-state index contributed by atoms with van der Waals surface area (Å²) in [6, 6.07) is 16.0. The van der Waals surface area contributed by atoms with Gasteiger partial charge in [0.2, 0.25) is 6.41 Å². The van der Waals surface area contributed by atoms with Crippen LogP contribution in [0.15, 0.2) is 71.5 Å². The molecule has 1 amide bonds. The third-order valence-electron chi connectivity index (χ3n) is 8.54. The molecule has 2 unspecified atom stereocenters. The van der Waals surface area contributed by atoms with Gasteiger partial charge in [-0.15, -0.1) is 0 Å². The van der Waals surface area contributed by atoms with Crippen molar-refractivity contribution in [1.29, 1.82) is 0 Å². The molecule has 0 saturated carbocycles. The van der Waals surface area contributed by atoms with Crippen LogP contribution in [0.4, 0.5) is 0 Å². The van der Waals surface area contributed by atoms with Gasteiger partial charge in [0, 0.05) is 42.1 Å². The monoisotopic (exact) mass is 518 g/mol. The molecule has 2 aromatic rings. The van der Waals surface area contributed by atoms with Crippen LogP contribution < -0.4 is 10.1 Å². The number of likely N-dealkylation sites (tertiary alicyclic amines) is 1. The van der Waals surface area contributed by atoms with Crippen molar-refractivity contribution < 1.29 is 24.2 Å². The number of aliphatic hydroxyl groups is 1. The summed E-state index contributed by atoms with van der Waals surface area (Å²) in [5, 5.41) is 15.8. The molecule has 1 aliphatic heterocycles. The smallest absolute Gasteiger partial charge is 0.333 e. The van der Waals surface area contributed by atoms with E-state index in [9.17, 15) is 14.7 Å². The topological polar surface area (TPSA) is 88.1 Å². The number of hydrogen-bond acceptors (Lipinski definition) is 6. The SMILES string of the molecule is COC(=O)/C(C)=C/C1=C(NC=O)CC2(c3cc(OC)ccc3C)CCN(Cc3ccccc3)[C@H](C)C2(O)C1. The van der Waals surface area contributed by atoms with Crippen LogP contribution in [-0.2, 0) is 26.3 Å². The van der Waals surface area contributed by atoms with Crippen LogP contribution >= 0.6 is 0 Å². The average Bonchev–Trinajstić information content (AvgIpc) is 2.92. The Morgan fingerprint density at radius 1 is 1.18 bits per heavy atom. The fraction of sp³-hybridized carbons (Fsp3) is 0.419. The third-order valence-corrected chi connectivity index (χ3v) is 8.54. The van der Waals surface area contributed by atoms with Crippen molar-refractivity contribution in [2.45, 2.75) is 63.6 Å². The Labute approximate surface area is 225 Å². The highest BCUT2D eigenvalue weighted by atomic mass is 16.5. The largest absolute Gasteiger partial charge is 0.497 e. The molecule has 2 N–H and O–H groups in total. The molecule has 1 heterocycles. The molecular weight excluding hydrogens is 480 g/mol. The minimum absolute atomic E-state index is 0.221. The quantitative estimate of drug-likeness (QED) is 0.310. The first-order valence-corrected chi connectivity index (χ1v) is 13.0. The van der Waals surface area contributed by atoms with Crippen molar-refractivity contribution in [1.82, 2.24) is 10.2 Å². The van der Waals surface area contributed by atoms with E-state index < -0.39 is 17.0 Å². The van der Waals surface area contributed by atoms with E-state index in [1.807, 2.05) is 36.4 Å². The lowest BCUT2D eigenvalue weighted by molar-refractivity contribution is -0.141. The number of benzene rings is 2. The Hall–Kier alpha value is -3.42. The van der Waals surface area contributed by atoms with Crippen molar-refractivity contribution in [2.24, 2.45) is 0 Å². The standard InChI is InChI=1S/C31H38N2O5/c1-21-11-12-26(37-4)16-27(21)30-13-14-33(19-24-9-7-6-8-10-24)23(3)31(30,36)17-25(28(18-30)32-20-34)15-22(2)29(35)38-5/h6-12,15-16,20,23,36H,13-14,17-19H2,1-5H3,(H,32,34)/b22-15+/t23-,30?,31?/m1/s1. The molecule has 38 heavy (non-hydrogen) atoms. The third kappa shape index (κ3) is 4.88. The lowest BCUT2D eigenvalue weighted by Crippen LogP contribution is -2.69. The second kappa shape index (κ2) is 11.1. The molecule has 1 saturated heterocycles. The predicted octanol–water partition coefficient (Wildman–Crippen LogP) is 4.18. The van der Waals surface area contributed by atoms with Crippen molar-refractivity contribution in [3.8, 4) is 5.75 Å². The van der Waals surface area contributed by atoms with Crippen molar-refractivity contribution >= 4 is 12.4 Å². The van der Waals surface area contributed by atoms with Gasteiger partial charge in [-0.25, -0.2) is 4.79 Å². The summed E-state index contributed by atoms with van der Waals surface area (Å²) >= 11 is 0. The van der Waals surface area contributed by atoms with E-state index in [2.05, 4.69) is 36.2 Å². The molecule has 7 heteroatoms. The number of nitrogens with one attached hydrogen (secondary N) is 1. The van der Waals surface area contributed by atoms with Crippen LogP contribution in [0.5, 0.6) is 5.75 Å². The minimum atomic E-state index is -1.20. The van der Waals surface area contributed by atoms with Gasteiger partial charge < -0.3 is 19.9 Å². The second-order valence-electron chi connectivity index (χ2n) is 10.5. The molecule has 1 fully saturated rings. The van der Waals surface area contributed by atoms with E-state index in [-0.39, 0.29) is 12.5 Å². The van der Waals surface area contributed by atoms with Crippen molar-refractivity contribution in [2.75, 3.05) is 20.8 Å². The van der Waals surface area contributed by atoms with E-state index in [0.717, 1.165) is 29.0 Å². The number of methoxy groups -OCH3 is 2. The van der Waals surface area contributed by atoms with Crippen LogP contribution in [0.1, 0.15) is 49.8 Å². The van der Waals surface area contributed by atoms with Crippen LogP contribution in [0.2, 0.25) is 0 Å². The van der Waals surface area contributed by atoms with Gasteiger partial charge in [-0.05, 0) is 74.2 Å². The van der Waals surface area contributed by atoms with Gasteiger partial charge in [-0.2, -0.15) is 0 Å². The maximum Gasteiger partial charge on any atom is 0.333 e. The number of rotatable bonds is 8. The van der Waals surface area contributed by atoms with Gasteiger partial charge in [0.1, 0.15) is 5.75 Å². The maximum atomic E-state index is 12.9. The number of ether oxygens (including phenoxy) is 2. The highest BCUT2D eigenvalue weighted by molar-refractivity contribution is 5.88. The number of piperidine rings is 1. The molecule has 0 spiro atoms. The Balaban J connectivity index is 1.89. The molecular formula is C31H38N2O5. The fourth-order valence-electron chi connectivity index (χ4n) is 6.39. The molecule has 2 aromatic carbocycles. The van der Waals surface area contributed by atoms with E-state index in [4.69, 9.17) is 9.47 Å². The second-order valence-corrected chi connectivity index (χ2v) is 10.5. The van der Waals surface area contributed by atoms with E-state index in [1.165, 1.54) is 12.7 Å². The molecule has 1 aliphatic carbocycles. The molecule has 3 atom stereocenters. The fourth-order valence-corrected chi connectivity index (χ4v) is 6.39. The highest BCUT2D eigenvalue weighted by Gasteiger charge is 2.61. The molecule has 2 aliphatic rings. The number of esters is 1. The van der Waals surface area contributed by atoms with Gasteiger partial charge >= 0.3 is 5.97 Å². The number of fused-ring (bicyclic) bond motifs is 1. The molecule has 0 radical (unpaired) electrons. The first-order valence-electron chi connectivity index (χ1n) is 13.0. The van der Waals surface area contributed by atoms with Gasteiger partial charge in [0.05, 0.1) is 19.8 Å². The number of carbonyl (C=O) groups is 2. The molecule has 0 bridgehead atoms. The number of hydrogen-bond donors (Lipinski definition) is 2. The normalized spacial score (nSPS) is 25.9. The number of aryl methyl sites for hydroxylation is 1.